The molecular formula is C12H14ClFO2. The summed E-state index contributed by atoms with van der Waals surface area (Å²) in [5.74, 6) is -0.610. The van der Waals surface area contributed by atoms with E-state index in [2.05, 4.69) is 0 Å². The van der Waals surface area contributed by atoms with Gasteiger partial charge in [-0.05, 0) is 37.6 Å². The molecule has 0 unspecified atom stereocenters. The zero-order valence-electron chi connectivity index (χ0n) is 9.51. The van der Waals surface area contributed by atoms with E-state index in [0.717, 1.165) is 0 Å². The monoisotopic (exact) mass is 244 g/mol. The number of halogens is 2. The van der Waals surface area contributed by atoms with Crippen LogP contribution in [-0.2, 0) is 16.0 Å². The lowest BCUT2D eigenvalue weighted by molar-refractivity contribution is -0.136. The standard InChI is InChI=1S/C12H14ClFO2/c1-12(2,16-3)11(15)7-8-6-9(13)4-5-10(8)14/h4-6H,7H2,1-3H3. The van der Waals surface area contributed by atoms with Crippen molar-refractivity contribution < 1.29 is 13.9 Å². The van der Waals surface area contributed by atoms with Crippen molar-refractivity contribution in [3.05, 3.63) is 34.6 Å². The zero-order valence-corrected chi connectivity index (χ0v) is 10.3. The summed E-state index contributed by atoms with van der Waals surface area (Å²) < 4.78 is 18.4. The smallest absolute Gasteiger partial charge is 0.168 e. The van der Waals surface area contributed by atoms with Crippen LogP contribution in [0, 0.1) is 5.82 Å². The van der Waals surface area contributed by atoms with Crippen LogP contribution in [0.1, 0.15) is 19.4 Å². The molecule has 1 aromatic carbocycles. The Morgan fingerprint density at radius 1 is 1.50 bits per heavy atom. The third-order valence-corrected chi connectivity index (χ3v) is 2.78. The summed E-state index contributed by atoms with van der Waals surface area (Å²) in [7, 11) is 1.45. The Hall–Kier alpha value is -0.930. The van der Waals surface area contributed by atoms with Crippen LogP contribution in [0.5, 0.6) is 0 Å². The Bertz CT molecular complexity index is 402. The van der Waals surface area contributed by atoms with Crippen molar-refractivity contribution in [3.63, 3.8) is 0 Å². The van der Waals surface area contributed by atoms with Crippen LogP contribution in [0.15, 0.2) is 18.2 Å². The SMILES string of the molecule is COC(C)(C)C(=O)Cc1cc(Cl)ccc1F. The van der Waals surface area contributed by atoms with Crippen molar-refractivity contribution in [2.45, 2.75) is 25.9 Å². The predicted molar refractivity (Wildman–Crippen MR) is 61.2 cm³/mol. The third-order valence-electron chi connectivity index (χ3n) is 2.54. The van der Waals surface area contributed by atoms with Crippen LogP contribution in [0.2, 0.25) is 5.02 Å². The number of ketones is 1. The molecule has 0 spiro atoms. The largest absolute Gasteiger partial charge is 0.371 e. The number of methoxy groups -OCH3 is 1. The van der Waals surface area contributed by atoms with E-state index in [4.69, 9.17) is 16.3 Å². The van der Waals surface area contributed by atoms with Gasteiger partial charge in [-0.2, -0.15) is 0 Å². The van der Waals surface area contributed by atoms with Crippen molar-refractivity contribution in [3.8, 4) is 0 Å². The summed E-state index contributed by atoms with van der Waals surface area (Å²) in [5, 5.41) is 0.416. The minimum absolute atomic E-state index is 0.0206. The van der Waals surface area contributed by atoms with E-state index in [1.807, 2.05) is 0 Å². The number of benzene rings is 1. The predicted octanol–water partition coefficient (Wildman–Crippen LogP) is 3.02. The van der Waals surface area contributed by atoms with E-state index < -0.39 is 11.4 Å². The molecule has 0 bridgehead atoms. The lowest BCUT2D eigenvalue weighted by Crippen LogP contribution is -2.35. The molecule has 1 aromatic rings. The van der Waals surface area contributed by atoms with E-state index in [1.165, 1.54) is 25.3 Å². The van der Waals surface area contributed by atoms with Crippen LogP contribution in [0.3, 0.4) is 0 Å². The fraction of sp³-hybridized carbons (Fsp3) is 0.417. The Balaban J connectivity index is 2.89. The molecule has 2 nitrogen and oxygen atoms in total. The van der Waals surface area contributed by atoms with Gasteiger partial charge < -0.3 is 4.74 Å². The van der Waals surface area contributed by atoms with Gasteiger partial charge in [-0.15, -0.1) is 0 Å². The number of carbonyl (C=O) groups is 1. The number of hydrogen-bond acceptors (Lipinski definition) is 2. The lowest BCUT2D eigenvalue weighted by Gasteiger charge is -2.21. The normalized spacial score (nSPS) is 11.6. The van der Waals surface area contributed by atoms with E-state index >= 15 is 0 Å². The molecule has 0 saturated carbocycles. The minimum Gasteiger partial charge on any atom is -0.371 e. The number of ether oxygens (including phenoxy) is 1. The number of hydrogen-bond donors (Lipinski definition) is 0. The van der Waals surface area contributed by atoms with Gasteiger partial charge in [-0.3, -0.25) is 4.79 Å². The first-order valence-corrected chi connectivity index (χ1v) is 5.27. The van der Waals surface area contributed by atoms with Gasteiger partial charge in [0.1, 0.15) is 11.4 Å². The molecule has 0 heterocycles. The van der Waals surface area contributed by atoms with E-state index in [-0.39, 0.29) is 12.2 Å². The fourth-order valence-electron chi connectivity index (χ4n) is 1.18. The van der Waals surface area contributed by atoms with Gasteiger partial charge in [0.15, 0.2) is 5.78 Å². The summed E-state index contributed by atoms with van der Waals surface area (Å²) in [6, 6.07) is 4.16. The molecule has 1 rings (SSSR count). The van der Waals surface area contributed by atoms with Gasteiger partial charge in [0.25, 0.3) is 0 Å². The van der Waals surface area contributed by atoms with Crippen LogP contribution in [0.4, 0.5) is 4.39 Å². The van der Waals surface area contributed by atoms with E-state index in [1.54, 1.807) is 13.8 Å². The molecule has 88 valence electrons. The van der Waals surface area contributed by atoms with Gasteiger partial charge in [0.2, 0.25) is 0 Å². The quantitative estimate of drug-likeness (QED) is 0.814. The second-order valence-electron chi connectivity index (χ2n) is 4.05. The fourth-order valence-corrected chi connectivity index (χ4v) is 1.37. The Morgan fingerprint density at radius 3 is 2.69 bits per heavy atom. The third kappa shape index (κ3) is 3.03. The van der Waals surface area contributed by atoms with Crippen molar-refractivity contribution in [1.82, 2.24) is 0 Å². The van der Waals surface area contributed by atoms with Crippen molar-refractivity contribution >= 4 is 17.4 Å². The molecule has 0 aliphatic carbocycles. The molecule has 0 aliphatic heterocycles. The van der Waals surface area contributed by atoms with Crippen molar-refractivity contribution in [2.24, 2.45) is 0 Å². The maximum atomic E-state index is 13.4. The molecule has 16 heavy (non-hydrogen) atoms. The van der Waals surface area contributed by atoms with Gasteiger partial charge in [-0.25, -0.2) is 4.39 Å². The summed E-state index contributed by atoms with van der Waals surface area (Å²) in [6.45, 7) is 3.30. The van der Waals surface area contributed by atoms with Gasteiger partial charge >= 0.3 is 0 Å². The van der Waals surface area contributed by atoms with E-state index in [9.17, 15) is 9.18 Å². The topological polar surface area (TPSA) is 26.3 Å². The van der Waals surface area contributed by atoms with Crippen LogP contribution >= 0.6 is 11.6 Å². The molecular weight excluding hydrogens is 231 g/mol. The molecule has 0 amide bonds. The Morgan fingerprint density at radius 2 is 2.12 bits per heavy atom. The first kappa shape index (κ1) is 13.1. The van der Waals surface area contributed by atoms with Crippen LogP contribution < -0.4 is 0 Å². The molecule has 0 radical (unpaired) electrons. The highest BCUT2D eigenvalue weighted by atomic mass is 35.5. The molecule has 0 saturated heterocycles. The second-order valence-corrected chi connectivity index (χ2v) is 4.49. The maximum absolute atomic E-state index is 13.4. The van der Waals surface area contributed by atoms with Crippen molar-refractivity contribution in [2.75, 3.05) is 7.11 Å². The number of carbonyl (C=O) groups excluding carboxylic acids is 1. The van der Waals surface area contributed by atoms with Gasteiger partial charge in [0, 0.05) is 18.6 Å². The summed E-state index contributed by atoms with van der Waals surface area (Å²) in [6.07, 6.45) is -0.0206. The summed E-state index contributed by atoms with van der Waals surface area (Å²) in [4.78, 5) is 11.8. The first-order valence-electron chi connectivity index (χ1n) is 4.89. The molecule has 0 aromatic heterocycles. The second kappa shape index (κ2) is 4.93. The highest BCUT2D eigenvalue weighted by Crippen LogP contribution is 2.19. The molecule has 4 heteroatoms. The molecule has 0 aliphatic rings. The first-order chi connectivity index (χ1) is 7.36. The summed E-state index contributed by atoms with van der Waals surface area (Å²) >= 11 is 5.74. The lowest BCUT2D eigenvalue weighted by atomic mass is 9.96. The van der Waals surface area contributed by atoms with Gasteiger partial charge in [0.05, 0.1) is 0 Å². The summed E-state index contributed by atoms with van der Waals surface area (Å²) in [5.41, 5.74) is -0.614. The highest BCUT2D eigenvalue weighted by Gasteiger charge is 2.27. The van der Waals surface area contributed by atoms with Crippen LogP contribution in [0.25, 0.3) is 0 Å². The highest BCUT2D eigenvalue weighted by molar-refractivity contribution is 6.30. The van der Waals surface area contributed by atoms with Crippen molar-refractivity contribution in [1.29, 1.82) is 0 Å². The average Bonchev–Trinajstić information content (AvgIpc) is 2.23. The molecule has 0 fully saturated rings. The van der Waals surface area contributed by atoms with Crippen LogP contribution in [-0.4, -0.2) is 18.5 Å². The molecule has 0 N–H and O–H groups in total. The van der Waals surface area contributed by atoms with Gasteiger partial charge in [-0.1, -0.05) is 11.6 Å². The maximum Gasteiger partial charge on any atom is 0.168 e. The molecule has 0 atom stereocenters. The number of Topliss-reactive ketones (excluding diaryl/α,β-unsaturated/α-hetero) is 1. The Kier molecular flexibility index (Phi) is 4.05. The Labute approximate surface area is 99.4 Å². The zero-order chi connectivity index (χ0) is 12.3. The average molecular weight is 245 g/mol. The minimum atomic E-state index is -0.908. The van der Waals surface area contributed by atoms with E-state index in [0.29, 0.717) is 10.6 Å². The number of rotatable bonds is 4.